The number of fused-ring (bicyclic) bond motifs is 4. The topological polar surface area (TPSA) is 119 Å². The van der Waals surface area contributed by atoms with E-state index in [2.05, 4.69) is 16.9 Å². The van der Waals surface area contributed by atoms with Gasteiger partial charge in [0.25, 0.3) is 12.4 Å². The van der Waals surface area contributed by atoms with Crippen molar-refractivity contribution in [1.82, 2.24) is 19.5 Å². The van der Waals surface area contributed by atoms with E-state index in [-0.39, 0.29) is 41.8 Å². The molecule has 2 aromatic carbocycles. The van der Waals surface area contributed by atoms with E-state index in [4.69, 9.17) is 30.5 Å². The van der Waals surface area contributed by atoms with Crippen molar-refractivity contribution in [3.63, 3.8) is 0 Å². The van der Waals surface area contributed by atoms with Gasteiger partial charge in [-0.3, -0.25) is 4.57 Å². The minimum atomic E-state index is -2.94. The lowest BCUT2D eigenvalue weighted by atomic mass is 9.97. The first-order valence-electron chi connectivity index (χ1n) is 13.8. The lowest BCUT2D eigenvalue weighted by Gasteiger charge is -2.31. The number of alkyl halides is 2. The molecule has 0 amide bonds. The first kappa shape index (κ1) is 27.3. The van der Waals surface area contributed by atoms with Crippen molar-refractivity contribution in [1.29, 1.82) is 0 Å². The zero-order valence-corrected chi connectivity index (χ0v) is 23.3. The number of furan rings is 1. The first-order valence-corrected chi connectivity index (χ1v) is 14.2. The molecule has 0 spiro atoms. The van der Waals surface area contributed by atoms with Crippen molar-refractivity contribution in [3.05, 3.63) is 53.3 Å². The highest BCUT2D eigenvalue weighted by Gasteiger charge is 2.41. The van der Waals surface area contributed by atoms with Gasteiger partial charge in [-0.05, 0) is 30.7 Å². The third-order valence-electron chi connectivity index (χ3n) is 8.17. The Kier molecular flexibility index (Phi) is 6.88. The highest BCUT2D eigenvalue weighted by atomic mass is 35.5. The number of hydrogen-bond donors (Lipinski definition) is 2. The number of aliphatic hydroxyl groups excluding tert-OH is 1. The molecule has 5 aromatic rings. The van der Waals surface area contributed by atoms with Crippen LogP contribution in [0.2, 0.25) is 5.02 Å². The van der Waals surface area contributed by atoms with Crippen molar-refractivity contribution in [2.24, 2.45) is 5.92 Å². The highest BCUT2D eigenvalue weighted by molar-refractivity contribution is 6.35. The standard InChI is InChI=1S/C29H28ClF2N5O5/c1-14-13-40-10-9-18(14)37-19-7-4-6-17(30)23(19)34-29(37)41-15-11-20(28(38)39)36(12-15)27-24-22(33-26(35-27)25(31)32)16-5-2-3-8-21(16)42-24/h2-8,14-15,18,20,25,28,38-39H,9-13H2,1H3/t14-,15-,18-,20-/m0/s1. The molecule has 42 heavy (non-hydrogen) atoms. The molecule has 2 aliphatic heterocycles. The Labute approximate surface area is 243 Å². The monoisotopic (exact) mass is 599 g/mol. The second-order valence-electron chi connectivity index (χ2n) is 10.9. The van der Waals surface area contributed by atoms with E-state index in [1.165, 1.54) is 0 Å². The van der Waals surface area contributed by atoms with Gasteiger partial charge in [-0.15, -0.1) is 0 Å². The van der Waals surface area contributed by atoms with Gasteiger partial charge in [0.1, 0.15) is 22.7 Å². The fraction of sp³-hybridized carbons (Fsp3) is 0.414. The molecule has 2 fully saturated rings. The number of ether oxygens (including phenoxy) is 2. The molecule has 10 nitrogen and oxygen atoms in total. The van der Waals surface area contributed by atoms with E-state index in [1.54, 1.807) is 35.2 Å². The Morgan fingerprint density at radius 1 is 1.07 bits per heavy atom. The Balaban J connectivity index is 1.30. The zero-order valence-electron chi connectivity index (χ0n) is 22.5. The lowest BCUT2D eigenvalue weighted by molar-refractivity contribution is -0.0588. The molecule has 0 bridgehead atoms. The number of hydrogen-bond acceptors (Lipinski definition) is 9. The van der Waals surface area contributed by atoms with Crippen molar-refractivity contribution in [2.75, 3.05) is 24.7 Å². The van der Waals surface area contributed by atoms with Crippen molar-refractivity contribution in [2.45, 2.75) is 50.7 Å². The number of aromatic nitrogens is 4. The molecule has 0 radical (unpaired) electrons. The maximum Gasteiger partial charge on any atom is 0.298 e. The van der Waals surface area contributed by atoms with Crippen LogP contribution < -0.4 is 9.64 Å². The zero-order chi connectivity index (χ0) is 29.1. The number of nitrogens with zero attached hydrogens (tertiary/aromatic N) is 5. The number of rotatable bonds is 6. The summed E-state index contributed by atoms with van der Waals surface area (Å²) in [6.45, 7) is 3.40. The molecule has 2 aliphatic rings. The first-order chi connectivity index (χ1) is 20.3. The molecule has 220 valence electrons. The molecular formula is C29H28ClF2N5O5. The summed E-state index contributed by atoms with van der Waals surface area (Å²) in [5.74, 6) is -0.449. The van der Waals surface area contributed by atoms with Crippen LogP contribution in [0.15, 0.2) is 46.9 Å². The van der Waals surface area contributed by atoms with Gasteiger partial charge < -0.3 is 29.0 Å². The van der Waals surface area contributed by atoms with Gasteiger partial charge in [0, 0.05) is 30.4 Å². The second-order valence-corrected chi connectivity index (χ2v) is 11.3. The molecule has 2 N–H and O–H groups in total. The molecule has 0 saturated carbocycles. The minimum absolute atomic E-state index is 0.0413. The van der Waals surface area contributed by atoms with Gasteiger partial charge in [0.15, 0.2) is 23.5 Å². The average Bonchev–Trinajstić information content (AvgIpc) is 3.67. The number of aliphatic hydroxyl groups is 2. The molecule has 2 saturated heterocycles. The van der Waals surface area contributed by atoms with Crippen LogP contribution in [-0.4, -0.2) is 67.9 Å². The Hall–Kier alpha value is -3.58. The normalized spacial score (nSPS) is 23.3. The van der Waals surface area contributed by atoms with Gasteiger partial charge in [0.05, 0.1) is 29.7 Å². The van der Waals surface area contributed by atoms with Gasteiger partial charge in [-0.1, -0.05) is 36.7 Å². The predicted octanol–water partition coefficient (Wildman–Crippen LogP) is 5.25. The number of benzene rings is 2. The van der Waals surface area contributed by atoms with Crippen LogP contribution in [0.1, 0.15) is 38.1 Å². The Morgan fingerprint density at radius 2 is 1.90 bits per heavy atom. The summed E-state index contributed by atoms with van der Waals surface area (Å²) < 4.78 is 48.1. The van der Waals surface area contributed by atoms with Gasteiger partial charge >= 0.3 is 0 Å². The summed E-state index contributed by atoms with van der Waals surface area (Å²) in [5, 5.41) is 21.8. The van der Waals surface area contributed by atoms with Crippen LogP contribution in [-0.2, 0) is 4.74 Å². The third-order valence-corrected chi connectivity index (χ3v) is 8.48. The van der Waals surface area contributed by atoms with E-state index >= 15 is 0 Å². The van der Waals surface area contributed by atoms with Crippen LogP contribution in [0.4, 0.5) is 14.6 Å². The number of para-hydroxylation sites is 2. The fourth-order valence-corrected chi connectivity index (χ4v) is 6.40. The Morgan fingerprint density at radius 3 is 2.69 bits per heavy atom. The van der Waals surface area contributed by atoms with Gasteiger partial charge in [0.2, 0.25) is 0 Å². The summed E-state index contributed by atoms with van der Waals surface area (Å²) in [6.07, 6.45) is -4.43. The fourth-order valence-electron chi connectivity index (χ4n) is 6.19. The summed E-state index contributed by atoms with van der Waals surface area (Å²) >= 11 is 6.52. The molecule has 4 atom stereocenters. The largest absolute Gasteiger partial charge is 0.459 e. The lowest BCUT2D eigenvalue weighted by Crippen LogP contribution is -2.39. The smallest absolute Gasteiger partial charge is 0.298 e. The molecule has 7 rings (SSSR count). The molecule has 5 heterocycles. The quantitative estimate of drug-likeness (QED) is 0.252. The number of imidazole rings is 1. The Bertz CT molecular complexity index is 1780. The maximum atomic E-state index is 13.9. The average molecular weight is 600 g/mol. The van der Waals surface area contributed by atoms with Crippen LogP contribution in [0.5, 0.6) is 6.01 Å². The van der Waals surface area contributed by atoms with Gasteiger partial charge in [-0.2, -0.15) is 4.98 Å². The molecule has 0 unspecified atom stereocenters. The second kappa shape index (κ2) is 10.6. The molecule has 13 heteroatoms. The van der Waals surface area contributed by atoms with E-state index in [9.17, 15) is 19.0 Å². The van der Waals surface area contributed by atoms with Crippen molar-refractivity contribution in [3.8, 4) is 6.01 Å². The van der Waals surface area contributed by atoms with Crippen molar-refractivity contribution < 1.29 is 32.9 Å². The van der Waals surface area contributed by atoms with Gasteiger partial charge in [-0.25, -0.2) is 18.7 Å². The van der Waals surface area contributed by atoms with Crippen molar-refractivity contribution >= 4 is 50.5 Å². The SMILES string of the molecule is C[C@H]1COCC[C@@H]1n1c(O[C@H]2C[C@@H](C(O)O)N(c3nc(C(F)F)nc4c3oc3ccccc34)C2)nc2c(Cl)cccc21. The van der Waals surface area contributed by atoms with E-state index in [1.807, 2.05) is 16.7 Å². The summed E-state index contributed by atoms with van der Waals surface area (Å²) in [6, 6.07) is 12.0. The number of anilines is 1. The van der Waals surface area contributed by atoms with E-state index < -0.39 is 30.7 Å². The predicted molar refractivity (Wildman–Crippen MR) is 151 cm³/mol. The summed E-state index contributed by atoms with van der Waals surface area (Å²) in [4.78, 5) is 14.5. The van der Waals surface area contributed by atoms with E-state index in [0.29, 0.717) is 40.7 Å². The maximum absolute atomic E-state index is 13.9. The summed E-state index contributed by atoms with van der Waals surface area (Å²) in [5.41, 5.74) is 2.29. The molecule has 0 aliphatic carbocycles. The minimum Gasteiger partial charge on any atom is -0.459 e. The molecule has 3 aromatic heterocycles. The highest BCUT2D eigenvalue weighted by Crippen LogP contribution is 2.40. The van der Waals surface area contributed by atoms with Crippen LogP contribution in [0.3, 0.4) is 0 Å². The van der Waals surface area contributed by atoms with Crippen LogP contribution >= 0.6 is 11.6 Å². The van der Waals surface area contributed by atoms with Crippen LogP contribution in [0, 0.1) is 5.92 Å². The third kappa shape index (κ3) is 4.53. The van der Waals surface area contributed by atoms with Crippen LogP contribution in [0.25, 0.3) is 33.1 Å². The number of halogens is 3. The summed E-state index contributed by atoms with van der Waals surface area (Å²) in [7, 11) is 0. The molecular weight excluding hydrogens is 572 g/mol. The van der Waals surface area contributed by atoms with E-state index in [0.717, 1.165) is 11.9 Å².